The van der Waals surface area contributed by atoms with Crippen molar-refractivity contribution in [3.63, 3.8) is 0 Å². The minimum absolute atomic E-state index is 0.268. The molecule has 72 valence electrons. The first-order chi connectivity index (χ1) is 5.55. The quantitative estimate of drug-likeness (QED) is 0.564. The van der Waals surface area contributed by atoms with Crippen molar-refractivity contribution in [2.24, 2.45) is 0 Å². The monoisotopic (exact) mass is 303 g/mol. The van der Waals surface area contributed by atoms with Gasteiger partial charge in [0.25, 0.3) is 0 Å². The van der Waals surface area contributed by atoms with Gasteiger partial charge in [0, 0.05) is 17.0 Å². The molecule has 1 heterocycles. The molecule has 12 heavy (non-hydrogen) atoms. The molecule has 1 atom stereocenters. The Morgan fingerprint density at radius 2 is 2.25 bits per heavy atom. The third-order valence-electron chi connectivity index (χ3n) is 2.27. The van der Waals surface area contributed by atoms with Gasteiger partial charge in [-0.1, -0.05) is 22.6 Å². The standard InChI is InChI=1S/C7H14INO2S/c1-9(4-3-8)7-2-5-12(10,11)6-7/h7H,2-6H2,1H3. The predicted molar refractivity (Wildman–Crippen MR) is 58.6 cm³/mol. The molecule has 0 spiro atoms. The van der Waals surface area contributed by atoms with Gasteiger partial charge >= 0.3 is 0 Å². The maximum absolute atomic E-state index is 11.1. The molecule has 1 unspecified atom stereocenters. The average molecular weight is 303 g/mol. The van der Waals surface area contributed by atoms with Crippen LogP contribution in [0.1, 0.15) is 6.42 Å². The van der Waals surface area contributed by atoms with Crippen LogP contribution < -0.4 is 0 Å². The second-order valence-electron chi connectivity index (χ2n) is 3.23. The van der Waals surface area contributed by atoms with Gasteiger partial charge in [-0.05, 0) is 13.5 Å². The highest BCUT2D eigenvalue weighted by atomic mass is 127. The fraction of sp³-hybridized carbons (Fsp3) is 1.00. The van der Waals surface area contributed by atoms with Crippen molar-refractivity contribution in [1.82, 2.24) is 4.90 Å². The van der Waals surface area contributed by atoms with Crippen LogP contribution in [0.15, 0.2) is 0 Å². The number of rotatable bonds is 3. The molecule has 0 aromatic heterocycles. The Kier molecular flexibility index (Phi) is 3.78. The number of alkyl halides is 1. The summed E-state index contributed by atoms with van der Waals surface area (Å²) in [6.07, 6.45) is 0.815. The summed E-state index contributed by atoms with van der Waals surface area (Å²) < 4.78 is 23.3. The van der Waals surface area contributed by atoms with Crippen LogP contribution in [-0.2, 0) is 9.84 Å². The zero-order valence-electron chi connectivity index (χ0n) is 7.16. The van der Waals surface area contributed by atoms with E-state index in [9.17, 15) is 8.42 Å². The second-order valence-corrected chi connectivity index (χ2v) is 6.53. The minimum Gasteiger partial charge on any atom is -0.302 e. The van der Waals surface area contributed by atoms with Crippen LogP contribution in [0, 0.1) is 0 Å². The van der Waals surface area contributed by atoms with Crippen molar-refractivity contribution < 1.29 is 8.42 Å². The van der Waals surface area contributed by atoms with Gasteiger partial charge in [0.1, 0.15) is 0 Å². The van der Waals surface area contributed by atoms with Gasteiger partial charge in [0.2, 0.25) is 0 Å². The van der Waals surface area contributed by atoms with Crippen molar-refractivity contribution in [1.29, 1.82) is 0 Å². The molecule has 0 aliphatic carbocycles. The third kappa shape index (κ3) is 2.85. The van der Waals surface area contributed by atoms with Gasteiger partial charge in [-0.2, -0.15) is 0 Å². The van der Waals surface area contributed by atoms with E-state index < -0.39 is 9.84 Å². The molecular formula is C7H14INO2S. The summed E-state index contributed by atoms with van der Waals surface area (Å²) >= 11 is 2.31. The van der Waals surface area contributed by atoms with Crippen molar-refractivity contribution in [3.05, 3.63) is 0 Å². The van der Waals surface area contributed by atoms with Gasteiger partial charge < -0.3 is 4.90 Å². The maximum atomic E-state index is 11.1. The summed E-state index contributed by atoms with van der Waals surface area (Å²) in [6, 6.07) is 0.268. The average Bonchev–Trinajstić information content (AvgIpc) is 2.31. The number of hydrogen-bond donors (Lipinski definition) is 0. The minimum atomic E-state index is -2.70. The summed E-state index contributed by atoms with van der Waals surface area (Å²) in [4.78, 5) is 2.15. The Morgan fingerprint density at radius 1 is 1.58 bits per heavy atom. The molecule has 1 saturated heterocycles. The highest BCUT2D eigenvalue weighted by molar-refractivity contribution is 14.1. The Bertz CT molecular complexity index is 240. The molecule has 1 rings (SSSR count). The first kappa shape index (κ1) is 10.7. The summed E-state index contributed by atoms with van der Waals surface area (Å²) in [5.74, 6) is 0.739. The van der Waals surface area contributed by atoms with E-state index in [0.29, 0.717) is 11.5 Å². The molecule has 0 aromatic rings. The van der Waals surface area contributed by atoms with Crippen LogP contribution in [0.4, 0.5) is 0 Å². The SMILES string of the molecule is CN(CCI)C1CCS(=O)(=O)C1. The van der Waals surface area contributed by atoms with E-state index in [2.05, 4.69) is 27.5 Å². The van der Waals surface area contributed by atoms with E-state index in [-0.39, 0.29) is 6.04 Å². The van der Waals surface area contributed by atoms with Crippen LogP contribution >= 0.6 is 22.6 Å². The van der Waals surface area contributed by atoms with Crippen LogP contribution in [0.3, 0.4) is 0 Å². The molecule has 5 heteroatoms. The lowest BCUT2D eigenvalue weighted by molar-refractivity contribution is 0.279. The molecule has 3 nitrogen and oxygen atoms in total. The Hall–Kier alpha value is 0.640. The molecule has 0 radical (unpaired) electrons. The van der Waals surface area contributed by atoms with Gasteiger partial charge in [0.15, 0.2) is 9.84 Å². The summed E-state index contributed by atoms with van der Waals surface area (Å²) in [5.41, 5.74) is 0. The van der Waals surface area contributed by atoms with Crippen LogP contribution in [0.2, 0.25) is 0 Å². The number of nitrogens with zero attached hydrogens (tertiary/aromatic N) is 1. The van der Waals surface area contributed by atoms with Crippen molar-refractivity contribution in [3.8, 4) is 0 Å². The number of halogens is 1. The molecule has 1 aliphatic rings. The van der Waals surface area contributed by atoms with E-state index >= 15 is 0 Å². The smallest absolute Gasteiger partial charge is 0.151 e. The molecule has 1 aliphatic heterocycles. The molecular weight excluding hydrogens is 289 g/mol. The maximum Gasteiger partial charge on any atom is 0.151 e. The topological polar surface area (TPSA) is 37.4 Å². The largest absolute Gasteiger partial charge is 0.302 e. The van der Waals surface area contributed by atoms with Gasteiger partial charge in [-0.15, -0.1) is 0 Å². The van der Waals surface area contributed by atoms with E-state index in [1.807, 2.05) is 7.05 Å². The first-order valence-corrected chi connectivity index (χ1v) is 7.36. The zero-order chi connectivity index (χ0) is 9.19. The number of hydrogen-bond acceptors (Lipinski definition) is 3. The molecule has 0 saturated carbocycles. The molecule has 0 N–H and O–H groups in total. The van der Waals surface area contributed by atoms with Gasteiger partial charge in [-0.25, -0.2) is 8.42 Å². The molecule has 0 aromatic carbocycles. The fourth-order valence-corrected chi connectivity index (χ4v) is 4.01. The fourth-order valence-electron chi connectivity index (χ4n) is 1.44. The van der Waals surface area contributed by atoms with Crippen LogP contribution in [-0.4, -0.2) is 48.9 Å². The lowest BCUT2D eigenvalue weighted by Gasteiger charge is -2.21. The number of sulfone groups is 1. The predicted octanol–water partition coefficient (Wildman–Crippen LogP) is 0.540. The summed E-state index contributed by atoms with van der Waals surface area (Å²) in [5, 5.41) is 0. The van der Waals surface area contributed by atoms with Crippen molar-refractivity contribution >= 4 is 32.4 Å². The molecule has 0 bridgehead atoms. The first-order valence-electron chi connectivity index (χ1n) is 4.02. The van der Waals surface area contributed by atoms with E-state index in [1.165, 1.54) is 0 Å². The lowest BCUT2D eigenvalue weighted by Crippen LogP contribution is -2.33. The van der Waals surface area contributed by atoms with Crippen LogP contribution in [0.5, 0.6) is 0 Å². The summed E-state index contributed by atoms with van der Waals surface area (Å²) in [6.45, 7) is 0.987. The van der Waals surface area contributed by atoms with E-state index in [0.717, 1.165) is 17.4 Å². The van der Waals surface area contributed by atoms with Crippen LogP contribution in [0.25, 0.3) is 0 Å². The second kappa shape index (κ2) is 4.23. The normalized spacial score (nSPS) is 28.1. The zero-order valence-corrected chi connectivity index (χ0v) is 10.1. The van der Waals surface area contributed by atoms with E-state index in [4.69, 9.17) is 0 Å². The highest BCUT2D eigenvalue weighted by Crippen LogP contribution is 2.16. The Morgan fingerprint density at radius 3 is 2.67 bits per heavy atom. The summed E-state index contributed by atoms with van der Waals surface area (Å²) in [7, 11) is -0.699. The third-order valence-corrected chi connectivity index (χ3v) is 4.50. The van der Waals surface area contributed by atoms with Gasteiger partial charge in [-0.3, -0.25) is 0 Å². The van der Waals surface area contributed by atoms with Crippen molar-refractivity contribution in [2.75, 3.05) is 29.5 Å². The van der Waals surface area contributed by atoms with Crippen molar-refractivity contribution in [2.45, 2.75) is 12.5 Å². The Balaban J connectivity index is 2.46. The Labute approximate surface area is 87.6 Å². The van der Waals surface area contributed by atoms with Gasteiger partial charge in [0.05, 0.1) is 11.5 Å². The molecule has 0 amide bonds. The highest BCUT2D eigenvalue weighted by Gasteiger charge is 2.29. The van der Waals surface area contributed by atoms with E-state index in [1.54, 1.807) is 0 Å². The molecule has 1 fully saturated rings. The lowest BCUT2D eigenvalue weighted by atomic mass is 10.2.